The minimum Gasteiger partial charge on any atom is -0.370 e. The molecule has 2 heterocycles. The maximum atomic E-state index is 11.5. The molecule has 1 atom stereocenters. The minimum absolute atomic E-state index is 0.194. The predicted molar refractivity (Wildman–Crippen MR) is 116 cm³/mol. The van der Waals surface area contributed by atoms with E-state index < -0.39 is 0 Å². The van der Waals surface area contributed by atoms with Crippen LogP contribution in [0.1, 0.15) is 31.2 Å². The molecule has 1 aromatic heterocycles. The van der Waals surface area contributed by atoms with Crippen LogP contribution in [-0.4, -0.2) is 33.2 Å². The van der Waals surface area contributed by atoms with Crippen molar-refractivity contribution in [1.82, 2.24) is 14.7 Å². The summed E-state index contributed by atoms with van der Waals surface area (Å²) in [5.74, 6) is -0.236. The Labute approximate surface area is 176 Å². The normalized spacial score (nSPS) is 17.3. The fourth-order valence-corrected chi connectivity index (χ4v) is 4.17. The molecule has 0 aliphatic carbocycles. The molecule has 3 aromatic rings. The van der Waals surface area contributed by atoms with E-state index in [1.165, 1.54) is 0 Å². The Morgan fingerprint density at radius 2 is 1.86 bits per heavy atom. The van der Waals surface area contributed by atoms with Gasteiger partial charge in [0.15, 0.2) is 0 Å². The lowest BCUT2D eigenvalue weighted by atomic mass is 9.98. The summed E-state index contributed by atoms with van der Waals surface area (Å²) >= 11 is 6.09. The first-order chi connectivity index (χ1) is 14.1. The van der Waals surface area contributed by atoms with E-state index in [-0.39, 0.29) is 11.9 Å². The number of halogens is 1. The number of nitrogens with zero attached hydrogens (tertiary/aromatic N) is 3. The van der Waals surface area contributed by atoms with Crippen molar-refractivity contribution in [2.45, 2.75) is 38.3 Å². The Morgan fingerprint density at radius 3 is 2.59 bits per heavy atom. The highest BCUT2D eigenvalue weighted by atomic mass is 35.5. The van der Waals surface area contributed by atoms with Crippen LogP contribution >= 0.6 is 11.6 Å². The Balaban J connectivity index is 1.69. The molecule has 1 aliphatic rings. The highest BCUT2D eigenvalue weighted by molar-refractivity contribution is 6.30. The molecule has 0 radical (unpaired) electrons. The zero-order valence-corrected chi connectivity index (χ0v) is 17.1. The summed E-state index contributed by atoms with van der Waals surface area (Å²) in [6.07, 6.45) is 5.78. The van der Waals surface area contributed by atoms with Gasteiger partial charge in [-0.15, -0.1) is 0 Å². The minimum atomic E-state index is -0.236. The first-order valence-electron chi connectivity index (χ1n) is 10.0. The van der Waals surface area contributed by atoms with Crippen LogP contribution in [0.2, 0.25) is 5.02 Å². The second-order valence-corrected chi connectivity index (χ2v) is 8.02. The van der Waals surface area contributed by atoms with E-state index >= 15 is 0 Å². The molecule has 1 aliphatic heterocycles. The summed E-state index contributed by atoms with van der Waals surface area (Å²) in [6.45, 7) is 1.71. The van der Waals surface area contributed by atoms with Gasteiger partial charge >= 0.3 is 0 Å². The van der Waals surface area contributed by atoms with Crippen molar-refractivity contribution in [2.75, 3.05) is 6.54 Å². The number of hydrogen-bond donors (Lipinski definition) is 1. The van der Waals surface area contributed by atoms with Gasteiger partial charge in [-0.3, -0.25) is 9.69 Å². The van der Waals surface area contributed by atoms with Crippen molar-refractivity contribution in [2.24, 2.45) is 5.73 Å². The van der Waals surface area contributed by atoms with Crippen LogP contribution in [0.25, 0.3) is 16.9 Å². The summed E-state index contributed by atoms with van der Waals surface area (Å²) in [7, 11) is 0. The van der Waals surface area contributed by atoms with Gasteiger partial charge in [0.25, 0.3) is 0 Å². The highest BCUT2D eigenvalue weighted by Gasteiger charge is 2.26. The second kappa shape index (κ2) is 8.80. The fourth-order valence-electron chi connectivity index (χ4n) is 4.04. The van der Waals surface area contributed by atoms with Crippen molar-refractivity contribution in [3.05, 3.63) is 71.4 Å². The number of amides is 1. The SMILES string of the molecule is NC(=O)CC1CCCCN1Cc1cn(-c2ccccc2)nc1-c1ccc(Cl)cc1. The Bertz CT molecular complexity index is 968. The third-order valence-electron chi connectivity index (χ3n) is 5.49. The van der Waals surface area contributed by atoms with Crippen LogP contribution in [0.5, 0.6) is 0 Å². The number of likely N-dealkylation sites (tertiary alicyclic amines) is 1. The van der Waals surface area contributed by atoms with Gasteiger partial charge in [0.2, 0.25) is 5.91 Å². The number of carbonyl (C=O) groups is 1. The number of para-hydroxylation sites is 1. The van der Waals surface area contributed by atoms with Gasteiger partial charge < -0.3 is 5.73 Å². The molecule has 1 fully saturated rings. The zero-order chi connectivity index (χ0) is 20.2. The van der Waals surface area contributed by atoms with Crippen molar-refractivity contribution >= 4 is 17.5 Å². The zero-order valence-electron chi connectivity index (χ0n) is 16.3. The van der Waals surface area contributed by atoms with E-state index in [1.807, 2.05) is 59.3 Å². The number of rotatable bonds is 6. The lowest BCUT2D eigenvalue weighted by Gasteiger charge is -2.35. The van der Waals surface area contributed by atoms with E-state index in [4.69, 9.17) is 22.4 Å². The third kappa shape index (κ3) is 4.69. The van der Waals surface area contributed by atoms with Gasteiger partial charge in [0, 0.05) is 41.4 Å². The summed E-state index contributed by atoms with van der Waals surface area (Å²) in [6, 6.07) is 18.1. The number of hydrogen-bond acceptors (Lipinski definition) is 3. The molecular formula is C23H25ClN4O. The molecule has 0 saturated carbocycles. The lowest BCUT2D eigenvalue weighted by molar-refractivity contribution is -0.119. The third-order valence-corrected chi connectivity index (χ3v) is 5.74. The first kappa shape index (κ1) is 19.7. The first-order valence-corrected chi connectivity index (χ1v) is 10.4. The molecule has 1 amide bonds. The monoisotopic (exact) mass is 408 g/mol. The summed E-state index contributed by atoms with van der Waals surface area (Å²) < 4.78 is 1.92. The fraction of sp³-hybridized carbons (Fsp3) is 0.304. The number of primary amides is 1. The molecule has 4 rings (SSSR count). The van der Waals surface area contributed by atoms with Crippen molar-refractivity contribution in [3.63, 3.8) is 0 Å². The smallest absolute Gasteiger partial charge is 0.218 e. The molecule has 150 valence electrons. The van der Waals surface area contributed by atoms with E-state index in [1.54, 1.807) is 0 Å². The lowest BCUT2D eigenvalue weighted by Crippen LogP contribution is -2.41. The van der Waals surface area contributed by atoms with Crippen LogP contribution in [0.4, 0.5) is 0 Å². The van der Waals surface area contributed by atoms with Crippen molar-refractivity contribution in [3.8, 4) is 16.9 Å². The molecule has 2 aromatic carbocycles. The van der Waals surface area contributed by atoms with Gasteiger partial charge in [0.05, 0.1) is 11.4 Å². The largest absolute Gasteiger partial charge is 0.370 e. The number of aromatic nitrogens is 2. The number of carbonyl (C=O) groups excluding carboxylic acids is 1. The second-order valence-electron chi connectivity index (χ2n) is 7.58. The number of benzene rings is 2. The molecular weight excluding hydrogens is 384 g/mol. The van der Waals surface area contributed by atoms with Crippen molar-refractivity contribution < 1.29 is 4.79 Å². The van der Waals surface area contributed by atoms with E-state index in [2.05, 4.69) is 11.1 Å². The molecule has 0 spiro atoms. The summed E-state index contributed by atoms with van der Waals surface area (Å²) in [5, 5.41) is 5.59. The molecule has 1 unspecified atom stereocenters. The van der Waals surface area contributed by atoms with E-state index in [9.17, 15) is 4.79 Å². The molecule has 5 nitrogen and oxygen atoms in total. The van der Waals surface area contributed by atoms with Crippen LogP contribution in [0.15, 0.2) is 60.8 Å². The maximum absolute atomic E-state index is 11.5. The van der Waals surface area contributed by atoms with Gasteiger partial charge in [-0.1, -0.05) is 48.4 Å². The Hall–Kier alpha value is -2.63. The number of nitrogens with two attached hydrogens (primary N) is 1. The van der Waals surface area contributed by atoms with E-state index in [0.29, 0.717) is 11.4 Å². The summed E-state index contributed by atoms with van der Waals surface area (Å²) in [5.41, 5.74) is 9.62. The van der Waals surface area contributed by atoms with Gasteiger partial charge in [-0.2, -0.15) is 5.10 Å². The quantitative estimate of drug-likeness (QED) is 0.656. The molecule has 0 bridgehead atoms. The Morgan fingerprint density at radius 1 is 1.10 bits per heavy atom. The average Bonchev–Trinajstić information content (AvgIpc) is 3.14. The topological polar surface area (TPSA) is 64.2 Å². The average molecular weight is 409 g/mol. The highest BCUT2D eigenvalue weighted by Crippen LogP contribution is 2.29. The predicted octanol–water partition coefficient (Wildman–Crippen LogP) is 4.42. The van der Waals surface area contributed by atoms with Gasteiger partial charge in [-0.05, 0) is 43.7 Å². The van der Waals surface area contributed by atoms with Crippen LogP contribution < -0.4 is 5.73 Å². The maximum Gasteiger partial charge on any atom is 0.218 e. The van der Waals surface area contributed by atoms with Gasteiger partial charge in [-0.25, -0.2) is 4.68 Å². The molecule has 2 N–H and O–H groups in total. The molecule has 1 saturated heterocycles. The summed E-state index contributed by atoms with van der Waals surface area (Å²) in [4.78, 5) is 13.9. The standard InChI is InChI=1S/C23H25ClN4O/c24-19-11-9-17(10-12-19)23-18(16-28(26-23)20-6-2-1-3-7-20)15-27-13-5-4-8-21(27)14-22(25)29/h1-3,6-7,9-12,16,21H,4-5,8,13-15H2,(H2,25,29). The van der Waals surface area contributed by atoms with Crippen molar-refractivity contribution in [1.29, 1.82) is 0 Å². The van der Waals surface area contributed by atoms with Crippen LogP contribution in [0.3, 0.4) is 0 Å². The van der Waals surface area contributed by atoms with Crippen LogP contribution in [-0.2, 0) is 11.3 Å². The molecule has 6 heteroatoms. The van der Waals surface area contributed by atoms with Gasteiger partial charge in [0.1, 0.15) is 0 Å². The number of piperidine rings is 1. The van der Waals surface area contributed by atoms with Crippen LogP contribution in [0, 0.1) is 0 Å². The Kier molecular flexibility index (Phi) is 5.97. The van der Waals surface area contributed by atoms with E-state index in [0.717, 1.165) is 54.9 Å². The molecule has 29 heavy (non-hydrogen) atoms.